The highest BCUT2D eigenvalue weighted by molar-refractivity contribution is 7.91. The summed E-state index contributed by atoms with van der Waals surface area (Å²) in [4.78, 5) is 24.9. The van der Waals surface area contributed by atoms with Crippen molar-refractivity contribution in [1.82, 2.24) is 19.8 Å². The number of carbonyl (C=O) groups excluding carboxylic acids is 1. The van der Waals surface area contributed by atoms with Crippen LogP contribution in [0.25, 0.3) is 0 Å². The summed E-state index contributed by atoms with van der Waals surface area (Å²) in [7, 11) is -3.19. The fourth-order valence-electron chi connectivity index (χ4n) is 3.75. The van der Waals surface area contributed by atoms with Gasteiger partial charge in [0.1, 0.15) is 5.82 Å². The van der Waals surface area contributed by atoms with Gasteiger partial charge in [0.25, 0.3) is 5.91 Å². The first kappa shape index (κ1) is 17.2. The average Bonchev–Trinajstić information content (AvgIpc) is 3.23. The molecule has 4 rings (SSSR count). The lowest BCUT2D eigenvalue weighted by Crippen LogP contribution is -2.60. The van der Waals surface area contributed by atoms with Crippen molar-refractivity contribution in [1.29, 1.82) is 0 Å². The third-order valence-electron chi connectivity index (χ3n) is 5.00. The number of rotatable bonds is 3. The number of carbonyl (C=O) groups is 1. The van der Waals surface area contributed by atoms with Crippen molar-refractivity contribution in [3.8, 4) is 0 Å². The molecule has 0 aromatic carbocycles. The summed E-state index contributed by atoms with van der Waals surface area (Å²) in [6.45, 7) is 3.45. The van der Waals surface area contributed by atoms with Crippen LogP contribution in [0.15, 0.2) is 35.2 Å². The van der Waals surface area contributed by atoms with Crippen molar-refractivity contribution in [2.75, 3.05) is 24.6 Å². The molecule has 2 aromatic rings. The number of amides is 1. The maximum atomic E-state index is 12.7. The zero-order valence-corrected chi connectivity index (χ0v) is 15.2. The molecule has 0 aliphatic carbocycles. The smallest absolute Gasteiger partial charge is 0.289 e. The molecular weight excluding hydrogens is 356 g/mol. The Balaban J connectivity index is 1.57. The van der Waals surface area contributed by atoms with Crippen LogP contribution in [-0.2, 0) is 16.4 Å². The summed E-state index contributed by atoms with van der Waals surface area (Å²) < 4.78 is 29.8. The van der Waals surface area contributed by atoms with Gasteiger partial charge in [-0.05, 0) is 19.1 Å². The highest BCUT2D eigenvalue weighted by atomic mass is 32.2. The van der Waals surface area contributed by atoms with Crippen LogP contribution in [0.3, 0.4) is 0 Å². The fourth-order valence-corrected chi connectivity index (χ4v) is 5.76. The van der Waals surface area contributed by atoms with Gasteiger partial charge in [-0.15, -0.1) is 0 Å². The van der Waals surface area contributed by atoms with E-state index in [0.29, 0.717) is 25.5 Å². The molecule has 0 unspecified atom stereocenters. The molecule has 0 saturated carbocycles. The highest BCUT2D eigenvalue weighted by Crippen LogP contribution is 2.29. The summed E-state index contributed by atoms with van der Waals surface area (Å²) in [5.41, 5.74) is 0.935. The second-order valence-corrected chi connectivity index (χ2v) is 8.95. The van der Waals surface area contributed by atoms with Crippen LogP contribution in [0, 0.1) is 6.92 Å². The summed E-state index contributed by atoms with van der Waals surface area (Å²) >= 11 is 0. The zero-order valence-electron chi connectivity index (χ0n) is 14.4. The molecule has 9 heteroatoms. The molecule has 0 radical (unpaired) electrons. The Hall–Kier alpha value is -2.26. The van der Waals surface area contributed by atoms with E-state index in [4.69, 9.17) is 4.42 Å². The third-order valence-corrected chi connectivity index (χ3v) is 6.70. The Kier molecular flexibility index (Phi) is 4.28. The monoisotopic (exact) mass is 376 g/mol. The van der Waals surface area contributed by atoms with E-state index in [1.54, 1.807) is 29.4 Å². The molecule has 4 heterocycles. The lowest BCUT2D eigenvalue weighted by atomic mass is 10.0. The maximum absolute atomic E-state index is 12.7. The largest absolute Gasteiger partial charge is 0.459 e. The van der Waals surface area contributed by atoms with E-state index in [-0.39, 0.29) is 35.3 Å². The van der Waals surface area contributed by atoms with Gasteiger partial charge in [0.2, 0.25) is 0 Å². The number of fused-ring (bicyclic) bond motifs is 1. The van der Waals surface area contributed by atoms with Crippen molar-refractivity contribution < 1.29 is 17.6 Å². The van der Waals surface area contributed by atoms with E-state index < -0.39 is 9.84 Å². The minimum atomic E-state index is -3.19. The van der Waals surface area contributed by atoms with Crippen molar-refractivity contribution in [2.24, 2.45) is 0 Å². The van der Waals surface area contributed by atoms with Crippen LogP contribution in [0.1, 0.15) is 21.9 Å². The molecule has 0 N–H and O–H groups in total. The fraction of sp³-hybridized carbons (Fsp3) is 0.471. The van der Waals surface area contributed by atoms with E-state index in [1.807, 2.05) is 6.92 Å². The Morgan fingerprint density at radius 1 is 1.23 bits per heavy atom. The second-order valence-electron chi connectivity index (χ2n) is 6.80. The highest BCUT2D eigenvalue weighted by Gasteiger charge is 2.48. The molecule has 8 nitrogen and oxygen atoms in total. The number of hydrogen-bond acceptors (Lipinski definition) is 7. The summed E-state index contributed by atoms with van der Waals surface area (Å²) in [5, 5.41) is 0. The van der Waals surface area contributed by atoms with Gasteiger partial charge in [0.15, 0.2) is 15.6 Å². The van der Waals surface area contributed by atoms with E-state index in [1.165, 1.54) is 6.26 Å². The number of aryl methyl sites for hydroxylation is 1. The van der Waals surface area contributed by atoms with Crippen LogP contribution in [-0.4, -0.2) is 70.8 Å². The van der Waals surface area contributed by atoms with E-state index >= 15 is 0 Å². The van der Waals surface area contributed by atoms with Gasteiger partial charge < -0.3 is 9.32 Å². The molecular formula is C17H20N4O4S. The van der Waals surface area contributed by atoms with Gasteiger partial charge in [-0.1, -0.05) is 0 Å². The Bertz CT molecular complexity index is 895. The van der Waals surface area contributed by atoms with Gasteiger partial charge >= 0.3 is 0 Å². The first-order valence-electron chi connectivity index (χ1n) is 8.49. The van der Waals surface area contributed by atoms with Crippen molar-refractivity contribution in [3.63, 3.8) is 0 Å². The lowest BCUT2D eigenvalue weighted by Gasteiger charge is -2.43. The molecule has 2 aromatic heterocycles. The second kappa shape index (κ2) is 6.48. The quantitative estimate of drug-likeness (QED) is 0.769. The van der Waals surface area contributed by atoms with E-state index in [0.717, 1.165) is 5.56 Å². The lowest BCUT2D eigenvalue weighted by molar-refractivity contribution is 0.0282. The molecule has 0 spiro atoms. The standard InChI is InChI=1S/C17H20N4O4S/c1-12-18-7-13(8-19-12)9-20-4-5-21(17(22)16-3-2-6-25-16)15-11-26(23,24)10-14(15)20/h2-3,6-8,14-15H,4-5,9-11H2,1H3/t14-,15+/m1/s1. The topological polar surface area (TPSA) is 96.6 Å². The van der Waals surface area contributed by atoms with Crippen LogP contribution in [0.4, 0.5) is 0 Å². The average molecular weight is 376 g/mol. The molecule has 0 bridgehead atoms. The minimum Gasteiger partial charge on any atom is -0.459 e. The first-order chi connectivity index (χ1) is 12.4. The van der Waals surface area contributed by atoms with Gasteiger partial charge in [-0.3, -0.25) is 9.69 Å². The van der Waals surface area contributed by atoms with Gasteiger partial charge in [0.05, 0.1) is 23.8 Å². The van der Waals surface area contributed by atoms with Crippen LogP contribution in [0.5, 0.6) is 0 Å². The molecule has 2 aliphatic rings. The molecule has 2 fully saturated rings. The molecule has 2 saturated heterocycles. The minimum absolute atomic E-state index is 0.00892. The molecule has 26 heavy (non-hydrogen) atoms. The number of aromatic nitrogens is 2. The summed E-state index contributed by atoms with van der Waals surface area (Å²) in [6.07, 6.45) is 4.98. The number of piperazine rings is 1. The van der Waals surface area contributed by atoms with Crippen LogP contribution < -0.4 is 0 Å². The molecule has 2 aliphatic heterocycles. The molecule has 138 valence electrons. The number of hydrogen-bond donors (Lipinski definition) is 0. The van der Waals surface area contributed by atoms with E-state index in [9.17, 15) is 13.2 Å². The normalized spacial score (nSPS) is 25.2. The first-order valence-corrected chi connectivity index (χ1v) is 10.3. The zero-order chi connectivity index (χ0) is 18.3. The number of furan rings is 1. The van der Waals surface area contributed by atoms with Crippen molar-refractivity contribution in [2.45, 2.75) is 25.6 Å². The summed E-state index contributed by atoms with van der Waals surface area (Å²) in [6, 6.07) is 2.67. The van der Waals surface area contributed by atoms with Crippen molar-refractivity contribution >= 4 is 15.7 Å². The number of nitrogens with zero attached hydrogens (tertiary/aromatic N) is 4. The Morgan fingerprint density at radius 2 is 1.96 bits per heavy atom. The third kappa shape index (κ3) is 3.24. The SMILES string of the molecule is Cc1ncc(CN2CCN(C(=O)c3ccco3)[C@H]3CS(=O)(=O)C[C@H]32)cn1. The number of sulfone groups is 1. The van der Waals surface area contributed by atoms with E-state index in [2.05, 4.69) is 14.9 Å². The van der Waals surface area contributed by atoms with Crippen LogP contribution in [0.2, 0.25) is 0 Å². The van der Waals surface area contributed by atoms with Gasteiger partial charge in [0, 0.05) is 43.6 Å². The maximum Gasteiger partial charge on any atom is 0.289 e. The predicted octanol–water partition coefficient (Wildman–Crippen LogP) is 0.502. The summed E-state index contributed by atoms with van der Waals surface area (Å²) in [5.74, 6) is 0.745. The van der Waals surface area contributed by atoms with Crippen molar-refractivity contribution in [3.05, 3.63) is 47.9 Å². The predicted molar refractivity (Wildman–Crippen MR) is 93.2 cm³/mol. The Morgan fingerprint density at radius 3 is 2.65 bits per heavy atom. The van der Waals surface area contributed by atoms with Gasteiger partial charge in [-0.2, -0.15) is 0 Å². The molecule has 1 amide bonds. The molecule has 2 atom stereocenters. The Labute approximate surface area is 151 Å². The van der Waals surface area contributed by atoms with Gasteiger partial charge in [-0.25, -0.2) is 18.4 Å². The van der Waals surface area contributed by atoms with Crippen LogP contribution >= 0.6 is 0 Å².